The lowest BCUT2D eigenvalue weighted by Crippen LogP contribution is -2.32. The fourth-order valence-electron chi connectivity index (χ4n) is 2.68. The molecule has 0 aliphatic carbocycles. The number of sulfonamides is 1. The Bertz CT molecular complexity index is 618. The Morgan fingerprint density at radius 3 is 2.33 bits per heavy atom. The van der Waals surface area contributed by atoms with Crippen LogP contribution >= 0.6 is 0 Å². The molecule has 1 aliphatic heterocycles. The zero-order valence-electron chi connectivity index (χ0n) is 12.3. The van der Waals surface area contributed by atoms with Crippen molar-refractivity contribution < 1.29 is 13.2 Å². The maximum Gasteiger partial charge on any atom is 0.254 e. The second-order valence-corrected chi connectivity index (χ2v) is 6.99. The molecule has 0 atom stereocenters. The van der Waals surface area contributed by atoms with E-state index in [4.69, 9.17) is 5.14 Å². The Labute approximate surface area is 126 Å². The van der Waals surface area contributed by atoms with Crippen LogP contribution < -0.4 is 5.14 Å². The van der Waals surface area contributed by atoms with E-state index in [-0.39, 0.29) is 10.8 Å². The van der Waals surface area contributed by atoms with Gasteiger partial charge in [-0.2, -0.15) is 0 Å². The summed E-state index contributed by atoms with van der Waals surface area (Å²) in [4.78, 5) is 14.5. The first-order valence-electron chi connectivity index (χ1n) is 7.38. The third-order valence-electron chi connectivity index (χ3n) is 3.91. The molecule has 1 aliphatic rings. The quantitative estimate of drug-likeness (QED) is 0.926. The van der Waals surface area contributed by atoms with Crippen LogP contribution in [-0.2, 0) is 16.4 Å². The molecular formula is C15H22N2O3S. The molecule has 1 saturated heterocycles. The minimum atomic E-state index is -3.79. The molecule has 0 saturated carbocycles. The predicted octanol–water partition coefficient (Wildman–Crippen LogP) is 1.91. The standard InChI is InChI=1S/C15H22N2O3S/c1-2-12-7-8-13(21(16,19)20)11-14(12)15(18)17-9-5-3-4-6-10-17/h7-8,11H,2-6,9-10H2,1H3,(H2,16,19,20). The number of nitrogens with zero attached hydrogens (tertiary/aromatic N) is 1. The highest BCUT2D eigenvalue weighted by Crippen LogP contribution is 2.20. The van der Waals surface area contributed by atoms with Crippen LogP contribution in [0.25, 0.3) is 0 Å². The zero-order valence-corrected chi connectivity index (χ0v) is 13.2. The van der Waals surface area contributed by atoms with Gasteiger partial charge >= 0.3 is 0 Å². The molecule has 0 aromatic heterocycles. The predicted molar refractivity (Wildman–Crippen MR) is 81.6 cm³/mol. The van der Waals surface area contributed by atoms with Gasteiger partial charge in [0.2, 0.25) is 10.0 Å². The summed E-state index contributed by atoms with van der Waals surface area (Å²) < 4.78 is 23.0. The highest BCUT2D eigenvalue weighted by atomic mass is 32.2. The van der Waals surface area contributed by atoms with Gasteiger partial charge in [-0.05, 0) is 37.0 Å². The Balaban J connectivity index is 2.38. The van der Waals surface area contributed by atoms with Crippen molar-refractivity contribution in [2.45, 2.75) is 43.9 Å². The minimum absolute atomic E-state index is 0.00197. The summed E-state index contributed by atoms with van der Waals surface area (Å²) >= 11 is 0. The van der Waals surface area contributed by atoms with Gasteiger partial charge in [-0.3, -0.25) is 4.79 Å². The zero-order chi connectivity index (χ0) is 15.5. The van der Waals surface area contributed by atoms with Crippen molar-refractivity contribution in [2.24, 2.45) is 5.14 Å². The number of aryl methyl sites for hydroxylation is 1. The van der Waals surface area contributed by atoms with Crippen LogP contribution in [0, 0.1) is 0 Å². The third kappa shape index (κ3) is 3.83. The van der Waals surface area contributed by atoms with Crippen LogP contribution in [0.15, 0.2) is 23.1 Å². The van der Waals surface area contributed by atoms with Crippen LogP contribution in [0.5, 0.6) is 0 Å². The molecule has 1 aromatic carbocycles. The fourth-order valence-corrected chi connectivity index (χ4v) is 3.22. The van der Waals surface area contributed by atoms with E-state index in [1.54, 1.807) is 6.07 Å². The molecule has 6 heteroatoms. The van der Waals surface area contributed by atoms with Gasteiger partial charge in [-0.25, -0.2) is 13.6 Å². The van der Waals surface area contributed by atoms with Crippen molar-refractivity contribution in [2.75, 3.05) is 13.1 Å². The van der Waals surface area contributed by atoms with Crippen molar-refractivity contribution in [3.05, 3.63) is 29.3 Å². The first kappa shape index (κ1) is 16.0. The summed E-state index contributed by atoms with van der Waals surface area (Å²) in [5.41, 5.74) is 1.32. The lowest BCUT2D eigenvalue weighted by Gasteiger charge is -2.22. The first-order chi connectivity index (χ1) is 9.93. The molecule has 2 rings (SSSR count). The Kier molecular flexibility index (Phi) is 5.00. The van der Waals surface area contributed by atoms with Gasteiger partial charge in [0.25, 0.3) is 5.91 Å². The molecule has 0 bridgehead atoms. The highest BCUT2D eigenvalue weighted by molar-refractivity contribution is 7.89. The number of nitrogens with two attached hydrogens (primary N) is 1. The molecule has 21 heavy (non-hydrogen) atoms. The number of carbonyl (C=O) groups excluding carboxylic acids is 1. The molecule has 1 aromatic rings. The SMILES string of the molecule is CCc1ccc(S(N)(=O)=O)cc1C(=O)N1CCCCCC1. The monoisotopic (exact) mass is 310 g/mol. The van der Waals surface area contributed by atoms with Crippen LogP contribution in [0.1, 0.15) is 48.5 Å². The number of amides is 1. The first-order valence-corrected chi connectivity index (χ1v) is 8.93. The molecule has 0 unspecified atom stereocenters. The second-order valence-electron chi connectivity index (χ2n) is 5.42. The van der Waals surface area contributed by atoms with E-state index in [1.807, 2.05) is 11.8 Å². The largest absolute Gasteiger partial charge is 0.339 e. The summed E-state index contributed by atoms with van der Waals surface area (Å²) in [5.74, 6) is -0.0840. The average molecular weight is 310 g/mol. The highest BCUT2D eigenvalue weighted by Gasteiger charge is 2.21. The molecule has 2 N–H and O–H groups in total. The maximum atomic E-state index is 12.7. The van der Waals surface area contributed by atoms with Gasteiger partial charge in [0.15, 0.2) is 0 Å². The van der Waals surface area contributed by atoms with Crippen LogP contribution in [0.3, 0.4) is 0 Å². The van der Waals surface area contributed by atoms with Crippen molar-refractivity contribution in [3.63, 3.8) is 0 Å². The topological polar surface area (TPSA) is 80.5 Å². The lowest BCUT2D eigenvalue weighted by atomic mass is 10.0. The number of primary sulfonamides is 1. The number of likely N-dealkylation sites (tertiary alicyclic amines) is 1. The van der Waals surface area contributed by atoms with Gasteiger partial charge in [-0.1, -0.05) is 25.8 Å². The average Bonchev–Trinajstić information content (AvgIpc) is 2.74. The summed E-state index contributed by atoms with van der Waals surface area (Å²) in [7, 11) is -3.79. The van der Waals surface area contributed by atoms with Gasteiger partial charge in [0.05, 0.1) is 4.90 Å². The number of benzene rings is 1. The Hall–Kier alpha value is -1.40. The summed E-state index contributed by atoms with van der Waals surface area (Å²) in [6.45, 7) is 3.42. The smallest absolute Gasteiger partial charge is 0.254 e. The third-order valence-corrected chi connectivity index (χ3v) is 4.83. The van der Waals surface area contributed by atoms with Crippen LogP contribution in [0.2, 0.25) is 0 Å². The van der Waals surface area contributed by atoms with E-state index in [1.165, 1.54) is 12.1 Å². The molecule has 5 nitrogen and oxygen atoms in total. The maximum absolute atomic E-state index is 12.7. The molecule has 1 amide bonds. The van der Waals surface area contributed by atoms with Crippen molar-refractivity contribution in [3.8, 4) is 0 Å². The van der Waals surface area contributed by atoms with Crippen molar-refractivity contribution in [1.82, 2.24) is 4.90 Å². The molecule has 0 spiro atoms. The Morgan fingerprint density at radius 1 is 1.19 bits per heavy atom. The van der Waals surface area contributed by atoms with Crippen LogP contribution in [-0.4, -0.2) is 32.3 Å². The van der Waals surface area contributed by atoms with Crippen molar-refractivity contribution >= 4 is 15.9 Å². The molecule has 0 radical (unpaired) electrons. The van der Waals surface area contributed by atoms with Gasteiger partial charge in [0, 0.05) is 18.7 Å². The summed E-state index contributed by atoms with van der Waals surface area (Å²) in [6.07, 6.45) is 4.97. The van der Waals surface area contributed by atoms with E-state index in [2.05, 4.69) is 0 Å². The molecule has 1 fully saturated rings. The van der Waals surface area contributed by atoms with E-state index in [0.29, 0.717) is 12.0 Å². The molecule has 116 valence electrons. The number of hydrogen-bond acceptors (Lipinski definition) is 3. The number of rotatable bonds is 3. The summed E-state index contributed by atoms with van der Waals surface area (Å²) in [5, 5.41) is 5.17. The lowest BCUT2D eigenvalue weighted by molar-refractivity contribution is 0.0760. The van der Waals surface area contributed by atoms with E-state index in [0.717, 1.165) is 44.3 Å². The van der Waals surface area contributed by atoms with Gasteiger partial charge in [0.1, 0.15) is 0 Å². The van der Waals surface area contributed by atoms with Crippen LogP contribution in [0.4, 0.5) is 0 Å². The molecule has 1 heterocycles. The van der Waals surface area contributed by atoms with Gasteiger partial charge in [-0.15, -0.1) is 0 Å². The molecular weight excluding hydrogens is 288 g/mol. The number of carbonyl (C=O) groups is 1. The van der Waals surface area contributed by atoms with E-state index < -0.39 is 10.0 Å². The van der Waals surface area contributed by atoms with Gasteiger partial charge < -0.3 is 4.90 Å². The minimum Gasteiger partial charge on any atom is -0.339 e. The van der Waals surface area contributed by atoms with Crippen molar-refractivity contribution in [1.29, 1.82) is 0 Å². The second kappa shape index (κ2) is 6.58. The van der Waals surface area contributed by atoms with E-state index in [9.17, 15) is 13.2 Å². The normalized spacial score (nSPS) is 16.6. The number of hydrogen-bond donors (Lipinski definition) is 1. The Morgan fingerprint density at radius 2 is 1.81 bits per heavy atom. The fraction of sp³-hybridized carbons (Fsp3) is 0.533. The summed E-state index contributed by atoms with van der Waals surface area (Å²) in [6, 6.07) is 4.57. The van der Waals surface area contributed by atoms with E-state index >= 15 is 0 Å².